The predicted molar refractivity (Wildman–Crippen MR) is 74.9 cm³/mol. The molecule has 1 fully saturated rings. The SMILES string of the molecule is CC.CCC1C[C@@H](C)N(C(=O)C(C)C(C)C)C1. The molecule has 0 N–H and O–H groups in total. The van der Waals surface area contributed by atoms with Crippen LogP contribution in [0.15, 0.2) is 0 Å². The average molecular weight is 241 g/mol. The minimum atomic E-state index is 0.169. The van der Waals surface area contributed by atoms with E-state index >= 15 is 0 Å². The molecular weight excluding hydrogens is 210 g/mol. The zero-order chi connectivity index (χ0) is 13.6. The molecule has 0 spiro atoms. The van der Waals surface area contributed by atoms with Crippen molar-refractivity contribution in [3.8, 4) is 0 Å². The lowest BCUT2D eigenvalue weighted by Gasteiger charge is -2.26. The Bertz CT molecular complexity index is 225. The van der Waals surface area contributed by atoms with E-state index in [0.717, 1.165) is 12.5 Å². The van der Waals surface area contributed by atoms with Gasteiger partial charge in [-0.05, 0) is 25.2 Å². The highest BCUT2D eigenvalue weighted by atomic mass is 16.2. The Labute approximate surface area is 108 Å². The van der Waals surface area contributed by atoms with E-state index in [1.165, 1.54) is 12.8 Å². The molecule has 17 heavy (non-hydrogen) atoms. The lowest BCUT2D eigenvalue weighted by molar-refractivity contribution is -0.137. The fraction of sp³-hybridized carbons (Fsp3) is 0.933. The fourth-order valence-corrected chi connectivity index (χ4v) is 2.29. The van der Waals surface area contributed by atoms with Gasteiger partial charge in [-0.25, -0.2) is 0 Å². The summed E-state index contributed by atoms with van der Waals surface area (Å²) in [5.41, 5.74) is 0. The van der Waals surface area contributed by atoms with Gasteiger partial charge in [-0.15, -0.1) is 0 Å². The molecule has 2 unspecified atom stereocenters. The van der Waals surface area contributed by atoms with Gasteiger partial charge in [0.25, 0.3) is 0 Å². The first kappa shape index (κ1) is 16.5. The molecular formula is C15H31NO. The van der Waals surface area contributed by atoms with Gasteiger partial charge < -0.3 is 4.90 Å². The van der Waals surface area contributed by atoms with Crippen molar-refractivity contribution < 1.29 is 4.79 Å². The van der Waals surface area contributed by atoms with Crippen LogP contribution in [0, 0.1) is 17.8 Å². The lowest BCUT2D eigenvalue weighted by atomic mass is 9.96. The minimum absolute atomic E-state index is 0.169. The first-order chi connectivity index (χ1) is 7.97. The van der Waals surface area contributed by atoms with E-state index in [-0.39, 0.29) is 5.92 Å². The highest BCUT2D eigenvalue weighted by Gasteiger charge is 2.33. The van der Waals surface area contributed by atoms with Crippen LogP contribution in [-0.4, -0.2) is 23.4 Å². The summed E-state index contributed by atoms with van der Waals surface area (Å²) in [5, 5.41) is 0. The second-order valence-electron chi connectivity index (χ2n) is 5.38. The van der Waals surface area contributed by atoms with Crippen molar-refractivity contribution in [2.75, 3.05) is 6.54 Å². The molecule has 2 nitrogen and oxygen atoms in total. The lowest BCUT2D eigenvalue weighted by Crippen LogP contribution is -2.39. The van der Waals surface area contributed by atoms with Crippen LogP contribution in [0.4, 0.5) is 0 Å². The first-order valence-electron chi connectivity index (χ1n) is 7.27. The maximum Gasteiger partial charge on any atom is 0.225 e. The molecule has 0 bridgehead atoms. The summed E-state index contributed by atoms with van der Waals surface area (Å²) in [5.74, 6) is 1.70. The van der Waals surface area contributed by atoms with Gasteiger partial charge in [0.15, 0.2) is 0 Å². The van der Waals surface area contributed by atoms with Crippen molar-refractivity contribution in [2.24, 2.45) is 17.8 Å². The Hall–Kier alpha value is -0.530. The van der Waals surface area contributed by atoms with Crippen LogP contribution in [-0.2, 0) is 4.79 Å². The fourth-order valence-electron chi connectivity index (χ4n) is 2.29. The van der Waals surface area contributed by atoms with E-state index < -0.39 is 0 Å². The van der Waals surface area contributed by atoms with Gasteiger partial charge in [0.1, 0.15) is 0 Å². The Morgan fingerprint density at radius 1 is 1.29 bits per heavy atom. The predicted octanol–water partition coefficient (Wildman–Crippen LogP) is 3.95. The van der Waals surface area contributed by atoms with E-state index in [4.69, 9.17) is 0 Å². The summed E-state index contributed by atoms with van der Waals surface area (Å²) >= 11 is 0. The van der Waals surface area contributed by atoms with Crippen LogP contribution >= 0.6 is 0 Å². The molecule has 0 aromatic carbocycles. The Kier molecular flexibility index (Phi) is 7.49. The molecule has 0 aromatic heterocycles. The van der Waals surface area contributed by atoms with E-state index in [2.05, 4.69) is 39.5 Å². The smallest absolute Gasteiger partial charge is 0.225 e. The highest BCUT2D eigenvalue weighted by Crippen LogP contribution is 2.27. The first-order valence-corrected chi connectivity index (χ1v) is 7.27. The van der Waals surface area contributed by atoms with Gasteiger partial charge in [0.2, 0.25) is 5.91 Å². The third-order valence-corrected chi connectivity index (χ3v) is 3.91. The van der Waals surface area contributed by atoms with Crippen molar-refractivity contribution in [1.29, 1.82) is 0 Å². The molecule has 1 amide bonds. The third-order valence-electron chi connectivity index (χ3n) is 3.91. The second kappa shape index (κ2) is 7.73. The number of nitrogens with zero attached hydrogens (tertiary/aromatic N) is 1. The molecule has 1 heterocycles. The quantitative estimate of drug-likeness (QED) is 0.732. The van der Waals surface area contributed by atoms with Crippen molar-refractivity contribution in [3.05, 3.63) is 0 Å². The molecule has 0 aliphatic carbocycles. The molecule has 102 valence electrons. The van der Waals surface area contributed by atoms with Gasteiger partial charge in [-0.3, -0.25) is 4.79 Å². The number of likely N-dealkylation sites (tertiary alicyclic amines) is 1. The number of rotatable bonds is 3. The monoisotopic (exact) mass is 241 g/mol. The number of amides is 1. The number of hydrogen-bond donors (Lipinski definition) is 0. The van der Waals surface area contributed by atoms with E-state index in [1.807, 2.05) is 13.8 Å². The van der Waals surface area contributed by atoms with E-state index in [9.17, 15) is 4.79 Å². The van der Waals surface area contributed by atoms with Crippen molar-refractivity contribution in [3.63, 3.8) is 0 Å². The number of carbonyl (C=O) groups is 1. The van der Waals surface area contributed by atoms with Crippen LogP contribution in [0.1, 0.15) is 61.3 Å². The standard InChI is InChI=1S/C13H25NO.C2H6/c1-6-12-7-10(4)14(8-12)13(15)11(5)9(2)3;1-2/h9-12H,6-8H2,1-5H3;1-2H3/t10-,11?,12?;/m1./s1. The summed E-state index contributed by atoms with van der Waals surface area (Å²) in [6, 6.07) is 0.448. The van der Waals surface area contributed by atoms with Gasteiger partial charge >= 0.3 is 0 Å². The zero-order valence-corrected chi connectivity index (χ0v) is 12.8. The molecule has 0 aromatic rings. The maximum absolute atomic E-state index is 12.2. The van der Waals surface area contributed by atoms with E-state index in [1.54, 1.807) is 0 Å². The summed E-state index contributed by atoms with van der Waals surface area (Å²) < 4.78 is 0. The van der Waals surface area contributed by atoms with Crippen LogP contribution < -0.4 is 0 Å². The molecule has 0 saturated carbocycles. The molecule has 2 heteroatoms. The molecule has 0 radical (unpaired) electrons. The number of hydrogen-bond acceptors (Lipinski definition) is 1. The Balaban J connectivity index is 0.00000121. The molecule has 1 aliphatic rings. The third kappa shape index (κ3) is 4.33. The Morgan fingerprint density at radius 2 is 1.82 bits per heavy atom. The largest absolute Gasteiger partial charge is 0.339 e. The van der Waals surface area contributed by atoms with E-state index in [0.29, 0.717) is 17.9 Å². The van der Waals surface area contributed by atoms with Gasteiger partial charge in [-0.2, -0.15) is 0 Å². The average Bonchev–Trinajstić information content (AvgIpc) is 2.71. The van der Waals surface area contributed by atoms with Crippen LogP contribution in [0.25, 0.3) is 0 Å². The Morgan fingerprint density at radius 3 is 2.18 bits per heavy atom. The molecule has 1 aliphatic heterocycles. The summed E-state index contributed by atoms with van der Waals surface area (Å²) in [4.78, 5) is 14.3. The van der Waals surface area contributed by atoms with Gasteiger partial charge in [-0.1, -0.05) is 48.0 Å². The zero-order valence-electron chi connectivity index (χ0n) is 12.8. The van der Waals surface area contributed by atoms with Gasteiger partial charge in [0, 0.05) is 18.5 Å². The maximum atomic E-state index is 12.2. The van der Waals surface area contributed by atoms with Gasteiger partial charge in [0.05, 0.1) is 0 Å². The van der Waals surface area contributed by atoms with Crippen molar-refractivity contribution in [2.45, 2.75) is 67.3 Å². The topological polar surface area (TPSA) is 20.3 Å². The van der Waals surface area contributed by atoms with Crippen LogP contribution in [0.5, 0.6) is 0 Å². The summed E-state index contributed by atoms with van der Waals surface area (Å²) in [6.45, 7) is 15.7. The van der Waals surface area contributed by atoms with Crippen LogP contribution in [0.2, 0.25) is 0 Å². The molecule has 1 rings (SSSR count). The van der Waals surface area contributed by atoms with Crippen LogP contribution in [0.3, 0.4) is 0 Å². The molecule has 1 saturated heterocycles. The summed E-state index contributed by atoms with van der Waals surface area (Å²) in [6.07, 6.45) is 2.39. The molecule has 3 atom stereocenters. The summed E-state index contributed by atoms with van der Waals surface area (Å²) in [7, 11) is 0. The minimum Gasteiger partial charge on any atom is -0.339 e. The second-order valence-corrected chi connectivity index (χ2v) is 5.38. The van der Waals surface area contributed by atoms with Crippen molar-refractivity contribution >= 4 is 5.91 Å². The van der Waals surface area contributed by atoms with Crippen molar-refractivity contribution in [1.82, 2.24) is 4.90 Å². The normalized spacial score (nSPS) is 25.5. The highest BCUT2D eigenvalue weighted by molar-refractivity contribution is 5.79. The number of carbonyl (C=O) groups excluding carboxylic acids is 1.